The molecule has 0 saturated carbocycles. The second-order valence-corrected chi connectivity index (χ2v) is 6.62. The zero-order chi connectivity index (χ0) is 19.5. The van der Waals surface area contributed by atoms with Crippen LogP contribution in [-0.4, -0.2) is 51.1 Å². The maximum atomic E-state index is 12.3. The summed E-state index contributed by atoms with van der Waals surface area (Å²) in [6.45, 7) is 1.44. The topological polar surface area (TPSA) is 83.0 Å². The molecule has 0 spiro atoms. The number of esters is 1. The quantitative estimate of drug-likeness (QED) is 0.299. The van der Waals surface area contributed by atoms with Crippen molar-refractivity contribution in [2.24, 2.45) is 4.99 Å². The monoisotopic (exact) mass is 374 g/mol. The fourth-order valence-corrected chi connectivity index (χ4v) is 3.11. The minimum absolute atomic E-state index is 0.0453. The normalized spacial score (nSPS) is 17.1. The van der Waals surface area contributed by atoms with E-state index in [-0.39, 0.29) is 17.9 Å². The van der Waals surface area contributed by atoms with E-state index in [4.69, 9.17) is 0 Å². The highest BCUT2D eigenvalue weighted by Crippen LogP contribution is 2.20. The van der Waals surface area contributed by atoms with Crippen molar-refractivity contribution in [2.75, 3.05) is 32.1 Å². The number of anilines is 1. The summed E-state index contributed by atoms with van der Waals surface area (Å²) in [7, 11) is 3.15. The highest BCUT2D eigenvalue weighted by Gasteiger charge is 2.30. The van der Waals surface area contributed by atoms with Crippen molar-refractivity contribution < 1.29 is 14.3 Å². The average molecular weight is 374 g/mol. The van der Waals surface area contributed by atoms with Gasteiger partial charge in [-0.15, -0.1) is 0 Å². The zero-order valence-corrected chi connectivity index (χ0v) is 16.2. The highest BCUT2D eigenvalue weighted by atomic mass is 16.5. The van der Waals surface area contributed by atoms with Crippen LogP contribution in [0.4, 0.5) is 5.69 Å². The second kappa shape index (κ2) is 11.2. The van der Waals surface area contributed by atoms with Crippen molar-refractivity contribution in [1.29, 1.82) is 0 Å². The molecular formula is C20H30N4O3. The van der Waals surface area contributed by atoms with Gasteiger partial charge in [0, 0.05) is 38.7 Å². The molecule has 27 heavy (non-hydrogen) atoms. The van der Waals surface area contributed by atoms with E-state index in [1.165, 1.54) is 7.11 Å². The third-order valence-electron chi connectivity index (χ3n) is 4.59. The Morgan fingerprint density at radius 2 is 1.96 bits per heavy atom. The molecule has 1 amide bonds. The van der Waals surface area contributed by atoms with E-state index >= 15 is 0 Å². The smallest absolute Gasteiger partial charge is 0.305 e. The van der Waals surface area contributed by atoms with Gasteiger partial charge < -0.3 is 20.3 Å². The van der Waals surface area contributed by atoms with E-state index in [0.29, 0.717) is 19.4 Å². The maximum Gasteiger partial charge on any atom is 0.305 e. The molecule has 1 unspecified atom stereocenters. The number of hydrogen-bond acceptors (Lipinski definition) is 4. The Hall–Kier alpha value is -2.57. The number of guanidine groups is 1. The van der Waals surface area contributed by atoms with Crippen LogP contribution in [-0.2, 0) is 14.3 Å². The first-order valence-electron chi connectivity index (χ1n) is 9.53. The van der Waals surface area contributed by atoms with Gasteiger partial charge in [0.1, 0.15) is 0 Å². The van der Waals surface area contributed by atoms with Crippen LogP contribution in [0.3, 0.4) is 0 Å². The molecule has 1 aliphatic rings. The summed E-state index contributed by atoms with van der Waals surface area (Å²) in [4.78, 5) is 29.4. The van der Waals surface area contributed by atoms with E-state index in [1.54, 1.807) is 7.05 Å². The van der Waals surface area contributed by atoms with Gasteiger partial charge in [-0.3, -0.25) is 14.6 Å². The highest BCUT2D eigenvalue weighted by molar-refractivity contribution is 5.97. The van der Waals surface area contributed by atoms with Crippen LogP contribution in [0.5, 0.6) is 0 Å². The van der Waals surface area contributed by atoms with E-state index in [2.05, 4.69) is 20.4 Å². The summed E-state index contributed by atoms with van der Waals surface area (Å²) in [6, 6.07) is 9.77. The Kier molecular flexibility index (Phi) is 8.61. The van der Waals surface area contributed by atoms with Crippen LogP contribution in [0.1, 0.15) is 38.5 Å². The number of methoxy groups -OCH3 is 1. The number of unbranched alkanes of at least 4 members (excludes halogenated alkanes) is 3. The molecule has 7 heteroatoms. The van der Waals surface area contributed by atoms with Crippen LogP contribution in [0.2, 0.25) is 0 Å². The molecule has 0 aromatic heterocycles. The Morgan fingerprint density at radius 3 is 2.67 bits per heavy atom. The Labute approximate surface area is 161 Å². The van der Waals surface area contributed by atoms with Crippen molar-refractivity contribution in [3.8, 4) is 0 Å². The number of nitrogens with one attached hydrogen (secondary N) is 2. The van der Waals surface area contributed by atoms with Crippen molar-refractivity contribution in [2.45, 2.75) is 44.6 Å². The molecule has 1 aromatic rings. The largest absolute Gasteiger partial charge is 0.469 e. The van der Waals surface area contributed by atoms with Gasteiger partial charge in [0.25, 0.3) is 0 Å². The van der Waals surface area contributed by atoms with Crippen molar-refractivity contribution in [1.82, 2.24) is 10.6 Å². The van der Waals surface area contributed by atoms with Gasteiger partial charge in [0.05, 0.1) is 13.2 Å². The van der Waals surface area contributed by atoms with Gasteiger partial charge in [-0.2, -0.15) is 0 Å². The van der Waals surface area contributed by atoms with E-state index in [9.17, 15) is 9.59 Å². The number of carbonyl (C=O) groups excluding carboxylic acids is 2. The number of nitrogens with zero attached hydrogens (tertiary/aromatic N) is 2. The molecule has 148 valence electrons. The number of benzene rings is 1. The number of aliphatic imine (C=N–C) groups is 1. The van der Waals surface area contributed by atoms with Crippen molar-refractivity contribution in [3.05, 3.63) is 30.3 Å². The molecule has 1 atom stereocenters. The van der Waals surface area contributed by atoms with Crippen LogP contribution in [0.25, 0.3) is 0 Å². The predicted octanol–water partition coefficient (Wildman–Crippen LogP) is 2.08. The molecule has 1 aliphatic heterocycles. The third-order valence-corrected chi connectivity index (χ3v) is 4.59. The Balaban J connectivity index is 1.65. The summed E-state index contributed by atoms with van der Waals surface area (Å²) in [5.41, 5.74) is 0.932. The Bertz CT molecular complexity index is 633. The fraction of sp³-hybridized carbons (Fsp3) is 0.550. The summed E-state index contributed by atoms with van der Waals surface area (Å²) in [5, 5.41) is 6.63. The van der Waals surface area contributed by atoms with E-state index in [1.807, 2.05) is 35.2 Å². The summed E-state index contributed by atoms with van der Waals surface area (Å²) < 4.78 is 4.63. The minimum atomic E-state index is -0.145. The zero-order valence-electron chi connectivity index (χ0n) is 16.2. The standard InChI is InChI=1S/C20H30N4O3/c1-21-20(22-13-9-4-3-8-12-19(26)27-2)23-16-14-18(25)24(15-16)17-10-6-5-7-11-17/h5-7,10-11,16H,3-4,8-9,12-15H2,1-2H3,(H2,21,22,23). The second-order valence-electron chi connectivity index (χ2n) is 6.62. The molecule has 1 saturated heterocycles. The van der Waals surface area contributed by atoms with Gasteiger partial charge in [0.2, 0.25) is 5.91 Å². The first-order valence-corrected chi connectivity index (χ1v) is 9.53. The molecule has 2 N–H and O–H groups in total. The number of hydrogen-bond donors (Lipinski definition) is 2. The fourth-order valence-electron chi connectivity index (χ4n) is 3.11. The molecule has 7 nitrogen and oxygen atoms in total. The lowest BCUT2D eigenvalue weighted by atomic mass is 10.1. The van der Waals surface area contributed by atoms with Crippen LogP contribution < -0.4 is 15.5 Å². The van der Waals surface area contributed by atoms with Crippen LogP contribution in [0.15, 0.2) is 35.3 Å². The van der Waals surface area contributed by atoms with Gasteiger partial charge >= 0.3 is 5.97 Å². The summed E-state index contributed by atoms with van der Waals surface area (Å²) >= 11 is 0. The van der Waals surface area contributed by atoms with Crippen molar-refractivity contribution in [3.63, 3.8) is 0 Å². The van der Waals surface area contributed by atoms with E-state index < -0.39 is 0 Å². The SMILES string of the molecule is CN=C(NCCCCCCC(=O)OC)NC1CC(=O)N(c2ccccc2)C1. The number of ether oxygens (including phenoxy) is 1. The maximum absolute atomic E-state index is 12.3. The Morgan fingerprint density at radius 1 is 1.22 bits per heavy atom. The number of para-hydroxylation sites is 1. The summed E-state index contributed by atoms with van der Waals surface area (Å²) in [6.07, 6.45) is 4.86. The van der Waals surface area contributed by atoms with E-state index in [0.717, 1.165) is 43.9 Å². The molecule has 1 aromatic carbocycles. The lowest BCUT2D eigenvalue weighted by Gasteiger charge is -2.19. The lowest BCUT2D eigenvalue weighted by Crippen LogP contribution is -2.44. The van der Waals surface area contributed by atoms with Gasteiger partial charge in [0.15, 0.2) is 5.96 Å². The molecule has 2 rings (SSSR count). The predicted molar refractivity (Wildman–Crippen MR) is 107 cm³/mol. The molecular weight excluding hydrogens is 344 g/mol. The molecule has 1 heterocycles. The van der Waals surface area contributed by atoms with Gasteiger partial charge in [-0.25, -0.2) is 0 Å². The number of amides is 1. The molecule has 0 bridgehead atoms. The number of carbonyl (C=O) groups is 2. The average Bonchev–Trinajstić information content (AvgIpc) is 3.06. The van der Waals surface area contributed by atoms with Crippen LogP contribution >= 0.6 is 0 Å². The first kappa shape index (κ1) is 20.7. The minimum Gasteiger partial charge on any atom is -0.469 e. The van der Waals surface area contributed by atoms with Gasteiger partial charge in [-0.05, 0) is 25.0 Å². The molecule has 1 fully saturated rings. The number of rotatable bonds is 9. The molecule has 0 aliphatic carbocycles. The first-order chi connectivity index (χ1) is 13.1. The summed E-state index contributed by atoms with van der Waals surface area (Å²) in [5.74, 6) is 0.699. The lowest BCUT2D eigenvalue weighted by molar-refractivity contribution is -0.140. The van der Waals surface area contributed by atoms with Crippen LogP contribution in [0, 0.1) is 0 Å². The van der Waals surface area contributed by atoms with Gasteiger partial charge in [-0.1, -0.05) is 31.0 Å². The molecule has 0 radical (unpaired) electrons. The third kappa shape index (κ3) is 6.92. The van der Waals surface area contributed by atoms with Crippen molar-refractivity contribution >= 4 is 23.5 Å².